The molecule has 4 heteroatoms. The Bertz CT molecular complexity index is 458. The highest BCUT2D eigenvalue weighted by molar-refractivity contribution is 6.31. The monoisotopic (exact) mass is 313 g/mol. The summed E-state index contributed by atoms with van der Waals surface area (Å²) < 4.78 is 19.2. The Kier molecular flexibility index (Phi) is 6.03. The molecule has 1 aliphatic heterocycles. The summed E-state index contributed by atoms with van der Waals surface area (Å²) >= 11 is 6.23. The van der Waals surface area contributed by atoms with Gasteiger partial charge in [-0.05, 0) is 55.5 Å². The van der Waals surface area contributed by atoms with Crippen LogP contribution in [0.25, 0.3) is 0 Å². The molecule has 0 spiro atoms. The van der Waals surface area contributed by atoms with Gasteiger partial charge >= 0.3 is 0 Å². The van der Waals surface area contributed by atoms with Crippen LogP contribution in [0.15, 0.2) is 18.2 Å². The third-order valence-corrected chi connectivity index (χ3v) is 4.40. The van der Waals surface area contributed by atoms with Gasteiger partial charge in [0.25, 0.3) is 0 Å². The van der Waals surface area contributed by atoms with Crippen LogP contribution in [0.1, 0.15) is 32.3 Å². The van der Waals surface area contributed by atoms with Crippen LogP contribution in [0, 0.1) is 17.2 Å². The summed E-state index contributed by atoms with van der Waals surface area (Å²) in [5, 5.41) is 4.18. The van der Waals surface area contributed by atoms with E-state index in [4.69, 9.17) is 16.3 Å². The highest BCUT2D eigenvalue weighted by Gasteiger charge is 2.33. The van der Waals surface area contributed by atoms with Crippen LogP contribution in [0.5, 0.6) is 0 Å². The van der Waals surface area contributed by atoms with Gasteiger partial charge in [0.1, 0.15) is 5.82 Å². The second kappa shape index (κ2) is 7.57. The molecule has 1 heterocycles. The number of nitrogens with one attached hydrogen (secondary N) is 1. The third kappa shape index (κ3) is 4.94. The molecular weight excluding hydrogens is 289 g/mol. The Balaban J connectivity index is 2.09. The first-order valence-electron chi connectivity index (χ1n) is 7.73. The van der Waals surface area contributed by atoms with Crippen LogP contribution < -0.4 is 5.32 Å². The first kappa shape index (κ1) is 16.7. The van der Waals surface area contributed by atoms with Gasteiger partial charge in [-0.15, -0.1) is 0 Å². The third-order valence-electron chi connectivity index (χ3n) is 4.03. The average molecular weight is 314 g/mol. The Labute approximate surface area is 132 Å². The molecule has 1 atom stereocenters. The zero-order valence-corrected chi connectivity index (χ0v) is 13.7. The standard InChI is InChI=1S/C17H25ClFNO/c1-13(2)10-20-11-17(6-3-7-21-12-17)9-14-8-15(19)4-5-16(14)18/h4-5,8,13,20H,3,6-7,9-12H2,1-2H3. The summed E-state index contributed by atoms with van der Waals surface area (Å²) in [6.45, 7) is 7.80. The Morgan fingerprint density at radius 3 is 2.90 bits per heavy atom. The minimum absolute atomic E-state index is 0.0184. The fourth-order valence-corrected chi connectivity index (χ4v) is 3.14. The van der Waals surface area contributed by atoms with Crippen molar-refractivity contribution in [1.82, 2.24) is 5.32 Å². The van der Waals surface area contributed by atoms with Crippen molar-refractivity contribution >= 4 is 11.6 Å². The maximum absolute atomic E-state index is 13.5. The fourth-order valence-electron chi connectivity index (χ4n) is 2.96. The number of hydrogen-bond acceptors (Lipinski definition) is 2. The van der Waals surface area contributed by atoms with Gasteiger partial charge in [-0.2, -0.15) is 0 Å². The SMILES string of the molecule is CC(C)CNCC1(Cc2cc(F)ccc2Cl)CCCOC1. The van der Waals surface area contributed by atoms with Gasteiger partial charge in [-0.3, -0.25) is 0 Å². The largest absolute Gasteiger partial charge is 0.381 e. The molecule has 1 aromatic rings. The number of rotatable bonds is 6. The lowest BCUT2D eigenvalue weighted by Crippen LogP contribution is -2.43. The molecule has 1 aliphatic rings. The first-order chi connectivity index (χ1) is 10.0. The minimum Gasteiger partial charge on any atom is -0.381 e. The zero-order valence-electron chi connectivity index (χ0n) is 12.9. The van der Waals surface area contributed by atoms with Gasteiger partial charge in [0.15, 0.2) is 0 Å². The lowest BCUT2D eigenvalue weighted by molar-refractivity contribution is -0.00741. The summed E-state index contributed by atoms with van der Waals surface area (Å²) in [6.07, 6.45) is 2.90. The molecule has 0 bridgehead atoms. The van der Waals surface area contributed by atoms with Crippen LogP contribution in [0.3, 0.4) is 0 Å². The smallest absolute Gasteiger partial charge is 0.123 e. The summed E-state index contributed by atoms with van der Waals surface area (Å²) in [7, 11) is 0. The lowest BCUT2D eigenvalue weighted by atomic mass is 9.77. The van der Waals surface area contributed by atoms with Crippen molar-refractivity contribution in [3.8, 4) is 0 Å². The highest BCUT2D eigenvalue weighted by Crippen LogP contribution is 2.34. The molecule has 1 saturated heterocycles. The van der Waals surface area contributed by atoms with Gasteiger partial charge < -0.3 is 10.1 Å². The number of hydrogen-bond donors (Lipinski definition) is 1. The number of halogens is 2. The molecule has 21 heavy (non-hydrogen) atoms. The summed E-state index contributed by atoms with van der Waals surface area (Å²) in [6, 6.07) is 4.61. The average Bonchev–Trinajstić information content (AvgIpc) is 2.43. The normalized spacial score (nSPS) is 22.7. The number of ether oxygens (including phenoxy) is 1. The van der Waals surface area contributed by atoms with Crippen molar-refractivity contribution in [2.24, 2.45) is 11.3 Å². The molecule has 0 radical (unpaired) electrons. The van der Waals surface area contributed by atoms with Gasteiger partial charge in [-0.25, -0.2) is 4.39 Å². The zero-order chi connectivity index (χ0) is 15.3. The highest BCUT2D eigenvalue weighted by atomic mass is 35.5. The van der Waals surface area contributed by atoms with Crippen LogP contribution in [0.4, 0.5) is 4.39 Å². The molecular formula is C17H25ClFNO. The molecule has 0 aliphatic carbocycles. The Morgan fingerprint density at radius 2 is 2.24 bits per heavy atom. The van der Waals surface area contributed by atoms with Crippen molar-refractivity contribution in [3.63, 3.8) is 0 Å². The maximum Gasteiger partial charge on any atom is 0.123 e. The van der Waals surface area contributed by atoms with E-state index in [1.807, 2.05) is 0 Å². The number of benzene rings is 1. The van der Waals surface area contributed by atoms with Gasteiger partial charge in [0.2, 0.25) is 0 Å². The van der Waals surface area contributed by atoms with Gasteiger partial charge in [0, 0.05) is 23.6 Å². The quantitative estimate of drug-likeness (QED) is 0.855. The second-order valence-corrected chi connectivity index (χ2v) is 7.00. The summed E-state index contributed by atoms with van der Waals surface area (Å²) in [5.74, 6) is 0.390. The van der Waals surface area contributed by atoms with Gasteiger partial charge in [0.05, 0.1) is 6.61 Å². The fraction of sp³-hybridized carbons (Fsp3) is 0.647. The van der Waals surface area contributed by atoms with E-state index >= 15 is 0 Å². The molecule has 2 nitrogen and oxygen atoms in total. The maximum atomic E-state index is 13.5. The predicted molar refractivity (Wildman–Crippen MR) is 85.3 cm³/mol. The van der Waals surface area contributed by atoms with E-state index in [1.165, 1.54) is 6.07 Å². The van der Waals surface area contributed by atoms with Crippen LogP contribution in [0.2, 0.25) is 5.02 Å². The van der Waals surface area contributed by atoms with E-state index in [-0.39, 0.29) is 11.2 Å². The van der Waals surface area contributed by atoms with Gasteiger partial charge in [-0.1, -0.05) is 25.4 Å². The minimum atomic E-state index is -0.226. The van der Waals surface area contributed by atoms with E-state index < -0.39 is 0 Å². The van der Waals surface area contributed by atoms with Crippen molar-refractivity contribution in [2.75, 3.05) is 26.3 Å². The molecule has 2 rings (SSSR count). The predicted octanol–water partition coefficient (Wildman–Crippen LogP) is 4.06. The van der Waals surface area contributed by atoms with Crippen LogP contribution in [-0.2, 0) is 11.2 Å². The molecule has 0 amide bonds. The molecule has 1 N–H and O–H groups in total. The second-order valence-electron chi connectivity index (χ2n) is 6.59. The Hall–Kier alpha value is -0.640. The summed E-state index contributed by atoms with van der Waals surface area (Å²) in [4.78, 5) is 0. The molecule has 0 saturated carbocycles. The van der Waals surface area contributed by atoms with E-state index in [1.54, 1.807) is 12.1 Å². The molecule has 1 aromatic carbocycles. The van der Waals surface area contributed by atoms with E-state index in [0.717, 1.165) is 44.5 Å². The van der Waals surface area contributed by atoms with Crippen molar-refractivity contribution in [3.05, 3.63) is 34.6 Å². The van der Waals surface area contributed by atoms with Crippen molar-refractivity contribution < 1.29 is 9.13 Å². The molecule has 0 aromatic heterocycles. The molecule has 1 fully saturated rings. The summed E-state index contributed by atoms with van der Waals surface area (Å²) in [5.41, 5.74) is 0.901. The van der Waals surface area contributed by atoms with Crippen LogP contribution in [-0.4, -0.2) is 26.3 Å². The Morgan fingerprint density at radius 1 is 1.43 bits per heavy atom. The molecule has 118 valence electrons. The first-order valence-corrected chi connectivity index (χ1v) is 8.11. The van der Waals surface area contributed by atoms with E-state index in [0.29, 0.717) is 17.5 Å². The topological polar surface area (TPSA) is 21.3 Å². The lowest BCUT2D eigenvalue weighted by Gasteiger charge is -2.38. The molecule has 1 unspecified atom stereocenters. The van der Waals surface area contributed by atoms with E-state index in [2.05, 4.69) is 19.2 Å². The van der Waals surface area contributed by atoms with E-state index in [9.17, 15) is 4.39 Å². The van der Waals surface area contributed by atoms with Crippen LogP contribution >= 0.6 is 11.6 Å². The van der Waals surface area contributed by atoms with Crippen molar-refractivity contribution in [2.45, 2.75) is 33.1 Å². The van der Waals surface area contributed by atoms with Crippen molar-refractivity contribution in [1.29, 1.82) is 0 Å².